The van der Waals surface area contributed by atoms with Crippen LogP contribution in [0.25, 0.3) is 0 Å². The second-order valence-corrected chi connectivity index (χ2v) is 7.81. The number of nitrogens with one attached hydrogen (secondary N) is 2. The van der Waals surface area contributed by atoms with Crippen molar-refractivity contribution in [1.82, 2.24) is 10.6 Å². The van der Waals surface area contributed by atoms with E-state index in [1.54, 1.807) is 6.07 Å². The molecular formula is C23H25FN2O4. The number of aliphatic hydroxyl groups excluding tert-OH is 1. The number of aliphatic hydroxyl groups is 1. The number of carbonyl (C=O) groups is 2. The van der Waals surface area contributed by atoms with Gasteiger partial charge in [-0.05, 0) is 36.5 Å². The van der Waals surface area contributed by atoms with Crippen molar-refractivity contribution >= 4 is 11.8 Å². The Kier molecular flexibility index (Phi) is 5.72. The quantitative estimate of drug-likeness (QED) is 0.652. The predicted octanol–water partition coefficient (Wildman–Crippen LogP) is 2.41. The third-order valence-corrected chi connectivity index (χ3v) is 5.88. The summed E-state index contributed by atoms with van der Waals surface area (Å²) in [6.07, 6.45) is 0.724. The average Bonchev–Trinajstić information content (AvgIpc) is 3.38. The van der Waals surface area contributed by atoms with Crippen LogP contribution in [-0.2, 0) is 0 Å². The molecule has 2 aliphatic rings. The Balaban J connectivity index is 1.72. The highest BCUT2D eigenvalue weighted by atomic mass is 19.1. The van der Waals surface area contributed by atoms with Gasteiger partial charge in [-0.3, -0.25) is 9.59 Å². The van der Waals surface area contributed by atoms with Crippen LogP contribution >= 0.6 is 0 Å². The lowest BCUT2D eigenvalue weighted by Gasteiger charge is -2.16. The first-order valence-electron chi connectivity index (χ1n) is 10.2. The van der Waals surface area contributed by atoms with Crippen LogP contribution in [-0.4, -0.2) is 49.4 Å². The van der Waals surface area contributed by atoms with Gasteiger partial charge in [-0.1, -0.05) is 30.3 Å². The largest absolute Gasteiger partial charge is 0.486 e. The van der Waals surface area contributed by atoms with Crippen LogP contribution in [0.1, 0.15) is 50.6 Å². The van der Waals surface area contributed by atoms with Crippen molar-refractivity contribution in [2.75, 3.05) is 20.3 Å². The van der Waals surface area contributed by atoms with Gasteiger partial charge in [0, 0.05) is 30.8 Å². The van der Waals surface area contributed by atoms with E-state index in [-0.39, 0.29) is 30.0 Å². The van der Waals surface area contributed by atoms with E-state index in [1.807, 2.05) is 30.3 Å². The summed E-state index contributed by atoms with van der Waals surface area (Å²) in [5.41, 5.74) is 2.06. The molecule has 7 heteroatoms. The molecule has 6 nitrogen and oxygen atoms in total. The number of halogens is 1. The molecule has 0 spiro atoms. The molecule has 1 heterocycles. The lowest BCUT2D eigenvalue weighted by molar-refractivity contribution is 0.0948. The maximum Gasteiger partial charge on any atom is 0.254 e. The molecule has 2 aromatic carbocycles. The topological polar surface area (TPSA) is 87.7 Å². The van der Waals surface area contributed by atoms with E-state index in [1.165, 1.54) is 13.1 Å². The third kappa shape index (κ3) is 3.77. The summed E-state index contributed by atoms with van der Waals surface area (Å²) < 4.78 is 19.7. The normalized spacial score (nSPS) is 24.0. The van der Waals surface area contributed by atoms with Crippen molar-refractivity contribution in [3.05, 3.63) is 64.7 Å². The van der Waals surface area contributed by atoms with Gasteiger partial charge in [0.05, 0.1) is 11.5 Å². The fourth-order valence-electron chi connectivity index (χ4n) is 4.20. The lowest BCUT2D eigenvalue weighted by Crippen LogP contribution is -2.28. The van der Waals surface area contributed by atoms with Crippen molar-refractivity contribution in [1.29, 1.82) is 0 Å². The first-order chi connectivity index (χ1) is 14.6. The first-order valence-corrected chi connectivity index (χ1v) is 10.2. The highest BCUT2D eigenvalue weighted by Crippen LogP contribution is 2.45. The van der Waals surface area contributed by atoms with Crippen LogP contribution < -0.4 is 15.4 Å². The van der Waals surface area contributed by atoms with E-state index < -0.39 is 24.6 Å². The summed E-state index contributed by atoms with van der Waals surface area (Å²) in [5.74, 6) is -0.485. The number of rotatable bonds is 7. The fourth-order valence-corrected chi connectivity index (χ4v) is 4.20. The van der Waals surface area contributed by atoms with Gasteiger partial charge in [-0.15, -0.1) is 0 Å². The van der Waals surface area contributed by atoms with E-state index >= 15 is 0 Å². The Hall–Kier alpha value is -2.93. The maximum atomic E-state index is 13.8. The molecule has 2 amide bonds. The number of hydrogen-bond acceptors (Lipinski definition) is 4. The number of benzene rings is 2. The van der Waals surface area contributed by atoms with Crippen molar-refractivity contribution in [2.24, 2.45) is 5.92 Å². The highest BCUT2D eigenvalue weighted by Gasteiger charge is 2.40. The van der Waals surface area contributed by atoms with Gasteiger partial charge in [0.15, 0.2) is 0 Å². The van der Waals surface area contributed by atoms with Gasteiger partial charge < -0.3 is 20.5 Å². The second kappa shape index (κ2) is 8.44. The van der Waals surface area contributed by atoms with Gasteiger partial charge in [0.2, 0.25) is 0 Å². The van der Waals surface area contributed by atoms with Crippen LogP contribution in [0.4, 0.5) is 4.39 Å². The van der Waals surface area contributed by atoms with Gasteiger partial charge in [0.1, 0.15) is 18.5 Å². The fraction of sp³-hybridized carbons (Fsp3) is 0.391. The Labute approximate surface area is 174 Å². The molecule has 2 aromatic rings. The van der Waals surface area contributed by atoms with Gasteiger partial charge in [-0.2, -0.15) is 0 Å². The Morgan fingerprint density at radius 1 is 1.20 bits per heavy atom. The molecule has 4 rings (SSSR count). The second-order valence-electron chi connectivity index (χ2n) is 7.81. The minimum absolute atomic E-state index is 0.0288. The molecule has 3 N–H and O–H groups in total. The van der Waals surface area contributed by atoms with E-state index in [0.29, 0.717) is 23.3 Å². The van der Waals surface area contributed by atoms with Crippen LogP contribution in [0.2, 0.25) is 0 Å². The zero-order valence-electron chi connectivity index (χ0n) is 16.7. The summed E-state index contributed by atoms with van der Waals surface area (Å²) in [6, 6.07) is 12.6. The van der Waals surface area contributed by atoms with Crippen molar-refractivity contribution < 1.29 is 23.8 Å². The molecule has 158 valence electrons. The molecule has 1 aliphatic heterocycles. The summed E-state index contributed by atoms with van der Waals surface area (Å²) in [6.45, 7) is -0.620. The summed E-state index contributed by atoms with van der Waals surface area (Å²) >= 11 is 0. The molecule has 4 atom stereocenters. The third-order valence-electron chi connectivity index (χ3n) is 5.88. The standard InChI is InChI=1S/C23H25FN2O4/c1-25-23(29)17-10-15(22(28)26-18-11-14(18)7-8-27)9-16-20(13-5-3-2-4-6-13)19(12-24)30-21(16)17/h2-6,9-10,14,18-20,27H,7-8,11-12H2,1H3,(H,25,29)(H,26,28)/t14-,18?,19-,20+/m1/s1. The monoisotopic (exact) mass is 412 g/mol. The van der Waals surface area contributed by atoms with Gasteiger partial charge in [0.25, 0.3) is 11.8 Å². The molecule has 0 bridgehead atoms. The smallest absolute Gasteiger partial charge is 0.254 e. The summed E-state index contributed by atoms with van der Waals surface area (Å²) in [7, 11) is 1.50. The Bertz CT molecular complexity index is 950. The van der Waals surface area contributed by atoms with Crippen LogP contribution in [0.15, 0.2) is 42.5 Å². The number of ether oxygens (including phenoxy) is 1. The van der Waals surface area contributed by atoms with E-state index in [4.69, 9.17) is 9.84 Å². The number of alkyl halides is 1. The summed E-state index contributed by atoms with van der Waals surface area (Å²) in [5, 5.41) is 14.6. The SMILES string of the molecule is CNC(=O)c1cc(C(=O)NC2C[C@H]2CCO)cc2c1O[C@H](CF)[C@H]2c1ccccc1. The molecule has 0 saturated heterocycles. The molecule has 0 aromatic heterocycles. The maximum absolute atomic E-state index is 13.8. The summed E-state index contributed by atoms with van der Waals surface area (Å²) in [4.78, 5) is 25.4. The molecule has 1 unspecified atom stereocenters. The van der Waals surface area contributed by atoms with Crippen LogP contribution in [0.3, 0.4) is 0 Å². The zero-order valence-corrected chi connectivity index (χ0v) is 16.7. The Morgan fingerprint density at radius 2 is 1.97 bits per heavy atom. The van der Waals surface area contributed by atoms with Crippen LogP contribution in [0.5, 0.6) is 5.75 Å². The van der Waals surface area contributed by atoms with E-state index in [0.717, 1.165) is 12.0 Å². The average molecular weight is 412 g/mol. The first kappa shape index (κ1) is 20.3. The minimum atomic E-state index is -0.763. The lowest BCUT2D eigenvalue weighted by atomic mass is 9.86. The number of amides is 2. The zero-order chi connectivity index (χ0) is 21.3. The van der Waals surface area contributed by atoms with Crippen molar-refractivity contribution in [3.63, 3.8) is 0 Å². The molecule has 1 saturated carbocycles. The van der Waals surface area contributed by atoms with E-state index in [2.05, 4.69) is 10.6 Å². The van der Waals surface area contributed by atoms with Crippen LogP contribution in [0, 0.1) is 5.92 Å². The predicted molar refractivity (Wildman–Crippen MR) is 110 cm³/mol. The van der Waals surface area contributed by atoms with Crippen molar-refractivity contribution in [2.45, 2.75) is 30.9 Å². The molecular weight excluding hydrogens is 387 g/mol. The number of carbonyl (C=O) groups excluding carboxylic acids is 2. The Morgan fingerprint density at radius 3 is 2.63 bits per heavy atom. The molecule has 1 fully saturated rings. The highest BCUT2D eigenvalue weighted by molar-refractivity contribution is 6.02. The number of hydrogen-bond donors (Lipinski definition) is 3. The van der Waals surface area contributed by atoms with E-state index in [9.17, 15) is 14.0 Å². The van der Waals surface area contributed by atoms with Crippen molar-refractivity contribution in [3.8, 4) is 5.75 Å². The van der Waals surface area contributed by atoms with Gasteiger partial charge >= 0.3 is 0 Å². The minimum Gasteiger partial charge on any atom is -0.486 e. The van der Waals surface area contributed by atoms with Gasteiger partial charge in [-0.25, -0.2) is 4.39 Å². The molecule has 0 radical (unpaired) electrons. The molecule has 1 aliphatic carbocycles. The number of fused-ring (bicyclic) bond motifs is 1. The molecule has 30 heavy (non-hydrogen) atoms.